The predicted octanol–water partition coefficient (Wildman–Crippen LogP) is 2.91. The zero-order valence-electron chi connectivity index (χ0n) is 19.9. The van der Waals surface area contributed by atoms with E-state index in [0.29, 0.717) is 35.8 Å². The molecule has 3 aromatic carbocycles. The highest BCUT2D eigenvalue weighted by Crippen LogP contribution is 2.18. The topological polar surface area (TPSA) is 134 Å². The van der Waals surface area contributed by atoms with Gasteiger partial charge in [0.05, 0.1) is 11.8 Å². The first kappa shape index (κ1) is 27.0. The average Bonchev–Trinajstić information content (AvgIpc) is 2.85. The summed E-state index contributed by atoms with van der Waals surface area (Å²) in [5, 5.41) is 22.6. The first-order valence-corrected chi connectivity index (χ1v) is 13.2. The highest BCUT2D eigenvalue weighted by molar-refractivity contribution is 7.92. The molecule has 3 rings (SSSR count). The lowest BCUT2D eigenvalue weighted by Gasteiger charge is -2.14. The smallest absolute Gasteiger partial charge is 0.336 e. The van der Waals surface area contributed by atoms with Gasteiger partial charge in [-0.05, 0) is 61.0 Å². The summed E-state index contributed by atoms with van der Waals surface area (Å²) in [5.41, 5.74) is 2.37. The molecule has 0 heterocycles. The maximum atomic E-state index is 11.3. The minimum atomic E-state index is -3.33. The standard InChI is InChI=1S/C26H30N2O7S/c1-36(32,33)28-21-8-12-24(13-9-21)35-18-22(29)16-27-15-14-19-6-10-23(11-7-19)34-17-20-4-2-3-5-25(20)26(30)31/h2-13,22,27-29H,14-18H2,1H3,(H,30,31)/t22-/m0/s1. The molecule has 0 aromatic heterocycles. The van der Waals surface area contributed by atoms with Crippen LogP contribution in [0.2, 0.25) is 0 Å². The molecule has 0 fully saturated rings. The molecular weight excluding hydrogens is 484 g/mol. The van der Waals surface area contributed by atoms with Gasteiger partial charge in [0.1, 0.15) is 30.8 Å². The first-order valence-electron chi connectivity index (χ1n) is 11.3. The second-order valence-corrected chi connectivity index (χ2v) is 9.96. The summed E-state index contributed by atoms with van der Waals surface area (Å²) >= 11 is 0. The van der Waals surface area contributed by atoms with Crippen LogP contribution >= 0.6 is 0 Å². The van der Waals surface area contributed by atoms with Crippen LogP contribution in [-0.2, 0) is 23.1 Å². The number of ether oxygens (including phenoxy) is 2. The normalized spacial score (nSPS) is 12.1. The summed E-state index contributed by atoms with van der Waals surface area (Å²) in [6.07, 6.45) is 1.13. The fourth-order valence-electron chi connectivity index (χ4n) is 3.35. The number of benzene rings is 3. The molecule has 0 amide bonds. The van der Waals surface area contributed by atoms with Crippen molar-refractivity contribution in [2.24, 2.45) is 0 Å². The van der Waals surface area contributed by atoms with Crippen molar-refractivity contribution in [2.75, 3.05) is 30.7 Å². The van der Waals surface area contributed by atoms with Crippen LogP contribution in [-0.4, -0.2) is 56.7 Å². The first-order chi connectivity index (χ1) is 17.2. The molecule has 0 aliphatic rings. The number of nitrogens with one attached hydrogen (secondary N) is 2. The van der Waals surface area contributed by atoms with E-state index in [1.807, 2.05) is 24.3 Å². The summed E-state index contributed by atoms with van der Waals surface area (Å²) in [7, 11) is -3.33. The van der Waals surface area contributed by atoms with Crippen LogP contribution in [0.1, 0.15) is 21.5 Å². The maximum absolute atomic E-state index is 11.3. The molecule has 3 aromatic rings. The van der Waals surface area contributed by atoms with Crippen LogP contribution in [0.15, 0.2) is 72.8 Å². The number of carbonyl (C=O) groups is 1. The van der Waals surface area contributed by atoms with Crippen LogP contribution < -0.4 is 19.5 Å². The van der Waals surface area contributed by atoms with Crippen LogP contribution in [0.4, 0.5) is 5.69 Å². The van der Waals surface area contributed by atoms with E-state index in [9.17, 15) is 23.4 Å². The Morgan fingerprint density at radius 2 is 1.58 bits per heavy atom. The highest BCUT2D eigenvalue weighted by atomic mass is 32.2. The maximum Gasteiger partial charge on any atom is 0.336 e. The summed E-state index contributed by atoms with van der Waals surface area (Å²) in [5.74, 6) is 0.202. The van der Waals surface area contributed by atoms with Crippen molar-refractivity contribution >= 4 is 21.7 Å². The minimum absolute atomic E-state index is 0.100. The Morgan fingerprint density at radius 3 is 2.25 bits per heavy atom. The fraction of sp³-hybridized carbons (Fsp3) is 0.269. The second kappa shape index (κ2) is 12.9. The van der Waals surface area contributed by atoms with Crippen molar-refractivity contribution in [3.8, 4) is 11.5 Å². The molecule has 0 unspecified atom stereocenters. The summed E-state index contributed by atoms with van der Waals surface area (Å²) in [6, 6.07) is 20.8. The van der Waals surface area contributed by atoms with Gasteiger partial charge in [-0.1, -0.05) is 30.3 Å². The zero-order valence-corrected chi connectivity index (χ0v) is 20.7. The predicted molar refractivity (Wildman–Crippen MR) is 137 cm³/mol. The molecule has 192 valence electrons. The van der Waals surface area contributed by atoms with E-state index >= 15 is 0 Å². The quantitative estimate of drug-likeness (QED) is 0.241. The fourth-order valence-corrected chi connectivity index (χ4v) is 3.92. The van der Waals surface area contributed by atoms with E-state index < -0.39 is 22.1 Å². The van der Waals surface area contributed by atoms with Gasteiger partial charge in [-0.3, -0.25) is 4.72 Å². The molecule has 9 nitrogen and oxygen atoms in total. The van der Waals surface area contributed by atoms with Crippen molar-refractivity contribution < 1.29 is 32.9 Å². The third-order valence-electron chi connectivity index (χ3n) is 5.14. The minimum Gasteiger partial charge on any atom is -0.491 e. The molecule has 4 N–H and O–H groups in total. The number of rotatable bonds is 14. The van der Waals surface area contributed by atoms with Gasteiger partial charge >= 0.3 is 5.97 Å². The molecule has 0 radical (unpaired) electrons. The SMILES string of the molecule is CS(=O)(=O)Nc1ccc(OC[C@@H](O)CNCCc2ccc(OCc3ccccc3C(=O)O)cc2)cc1. The summed E-state index contributed by atoms with van der Waals surface area (Å²) in [6.45, 7) is 1.29. The molecule has 0 aliphatic carbocycles. The van der Waals surface area contributed by atoms with E-state index in [-0.39, 0.29) is 18.8 Å². The van der Waals surface area contributed by atoms with Gasteiger partial charge in [0, 0.05) is 17.8 Å². The van der Waals surface area contributed by atoms with Crippen molar-refractivity contribution in [2.45, 2.75) is 19.1 Å². The van der Waals surface area contributed by atoms with E-state index in [4.69, 9.17) is 9.47 Å². The number of hydrogen-bond donors (Lipinski definition) is 4. The van der Waals surface area contributed by atoms with Crippen LogP contribution in [0, 0.1) is 0 Å². The Balaban J connectivity index is 1.34. The van der Waals surface area contributed by atoms with E-state index in [1.54, 1.807) is 48.5 Å². The average molecular weight is 515 g/mol. The van der Waals surface area contributed by atoms with E-state index in [1.165, 1.54) is 0 Å². The lowest BCUT2D eigenvalue weighted by atomic mass is 10.1. The van der Waals surface area contributed by atoms with E-state index in [0.717, 1.165) is 18.2 Å². The van der Waals surface area contributed by atoms with Crippen molar-refractivity contribution in [3.05, 3.63) is 89.5 Å². The monoisotopic (exact) mass is 514 g/mol. The van der Waals surface area contributed by atoms with Gasteiger partial charge in [0.15, 0.2) is 0 Å². The second-order valence-electron chi connectivity index (χ2n) is 8.21. The number of aliphatic hydroxyl groups is 1. The van der Waals surface area contributed by atoms with Gasteiger partial charge in [-0.25, -0.2) is 13.2 Å². The van der Waals surface area contributed by atoms with Gasteiger partial charge in [0.2, 0.25) is 10.0 Å². The molecule has 1 atom stereocenters. The summed E-state index contributed by atoms with van der Waals surface area (Å²) in [4.78, 5) is 11.3. The van der Waals surface area contributed by atoms with E-state index in [2.05, 4.69) is 10.0 Å². The third kappa shape index (κ3) is 9.21. The molecule has 0 spiro atoms. The molecule has 0 saturated carbocycles. The highest BCUT2D eigenvalue weighted by Gasteiger charge is 2.10. The number of hydrogen-bond acceptors (Lipinski definition) is 7. The van der Waals surface area contributed by atoms with Crippen LogP contribution in [0.25, 0.3) is 0 Å². The van der Waals surface area contributed by atoms with Crippen molar-refractivity contribution in [3.63, 3.8) is 0 Å². The number of aliphatic hydroxyl groups excluding tert-OH is 1. The number of anilines is 1. The van der Waals surface area contributed by atoms with Crippen LogP contribution in [0.5, 0.6) is 11.5 Å². The Bertz CT molecular complexity index is 1230. The van der Waals surface area contributed by atoms with Gasteiger partial charge in [0.25, 0.3) is 0 Å². The molecule has 10 heteroatoms. The molecule has 0 bridgehead atoms. The molecular formula is C26H30N2O7S. The lowest BCUT2D eigenvalue weighted by molar-refractivity contribution is 0.0694. The number of sulfonamides is 1. The molecule has 0 aliphatic heterocycles. The molecule has 0 saturated heterocycles. The van der Waals surface area contributed by atoms with Crippen molar-refractivity contribution in [1.29, 1.82) is 0 Å². The Hall–Kier alpha value is -3.60. The number of aromatic carboxylic acids is 1. The van der Waals surface area contributed by atoms with Gasteiger partial charge in [-0.15, -0.1) is 0 Å². The lowest BCUT2D eigenvalue weighted by Crippen LogP contribution is -2.32. The number of carboxylic acid groups (broad SMARTS) is 1. The Morgan fingerprint density at radius 1 is 0.944 bits per heavy atom. The third-order valence-corrected chi connectivity index (χ3v) is 5.74. The van der Waals surface area contributed by atoms with Gasteiger partial charge in [-0.2, -0.15) is 0 Å². The Labute approximate surface area is 210 Å². The summed E-state index contributed by atoms with van der Waals surface area (Å²) < 4.78 is 36.1. The largest absolute Gasteiger partial charge is 0.491 e. The zero-order chi connectivity index (χ0) is 26.0. The van der Waals surface area contributed by atoms with Crippen molar-refractivity contribution in [1.82, 2.24) is 5.32 Å². The van der Waals surface area contributed by atoms with Crippen LogP contribution in [0.3, 0.4) is 0 Å². The van der Waals surface area contributed by atoms with Gasteiger partial charge < -0.3 is 25.0 Å². The Kier molecular flexibility index (Phi) is 9.69. The molecule has 36 heavy (non-hydrogen) atoms. The number of carboxylic acids is 1.